The van der Waals surface area contributed by atoms with Gasteiger partial charge in [-0.1, -0.05) is 24.5 Å². The molecule has 0 aromatic heterocycles. The van der Waals surface area contributed by atoms with E-state index in [0.29, 0.717) is 18.4 Å². The molecular weight excluding hydrogens is 256 g/mol. The van der Waals surface area contributed by atoms with Crippen LogP contribution in [0.3, 0.4) is 0 Å². The molecule has 1 fully saturated rings. The van der Waals surface area contributed by atoms with Crippen molar-refractivity contribution in [3.8, 4) is 5.75 Å². The molecule has 1 aromatic rings. The SMILES string of the molecule is COC(=O)[C@@H]1CCCC[C@H]1C(=O)c1cc(C)ccc1O. The third kappa shape index (κ3) is 2.84. The summed E-state index contributed by atoms with van der Waals surface area (Å²) in [7, 11) is 1.35. The first-order chi connectivity index (χ1) is 9.54. The summed E-state index contributed by atoms with van der Waals surface area (Å²) in [5, 5.41) is 9.88. The van der Waals surface area contributed by atoms with Crippen molar-refractivity contribution >= 4 is 11.8 Å². The van der Waals surface area contributed by atoms with E-state index in [2.05, 4.69) is 0 Å². The smallest absolute Gasteiger partial charge is 0.309 e. The number of methoxy groups -OCH3 is 1. The molecule has 1 saturated carbocycles. The van der Waals surface area contributed by atoms with Gasteiger partial charge in [-0.3, -0.25) is 9.59 Å². The fourth-order valence-electron chi connectivity index (χ4n) is 2.93. The number of ketones is 1. The highest BCUT2D eigenvalue weighted by atomic mass is 16.5. The Morgan fingerprint density at radius 1 is 1.20 bits per heavy atom. The van der Waals surface area contributed by atoms with Gasteiger partial charge in [0, 0.05) is 5.92 Å². The van der Waals surface area contributed by atoms with E-state index in [1.807, 2.05) is 6.92 Å². The quantitative estimate of drug-likeness (QED) is 0.681. The number of phenols is 1. The van der Waals surface area contributed by atoms with Crippen molar-refractivity contribution in [3.05, 3.63) is 29.3 Å². The Morgan fingerprint density at radius 3 is 2.50 bits per heavy atom. The normalized spacial score (nSPS) is 22.3. The minimum atomic E-state index is -0.388. The van der Waals surface area contributed by atoms with Gasteiger partial charge in [0.25, 0.3) is 0 Å². The lowest BCUT2D eigenvalue weighted by atomic mass is 9.75. The van der Waals surface area contributed by atoms with E-state index >= 15 is 0 Å². The van der Waals surface area contributed by atoms with E-state index in [1.54, 1.807) is 12.1 Å². The Hall–Kier alpha value is -1.84. The topological polar surface area (TPSA) is 63.6 Å². The second-order valence-corrected chi connectivity index (χ2v) is 5.41. The predicted octanol–water partition coefficient (Wildman–Crippen LogP) is 2.86. The maximum absolute atomic E-state index is 12.6. The number of carbonyl (C=O) groups excluding carboxylic acids is 2. The number of hydrogen-bond acceptors (Lipinski definition) is 4. The molecule has 2 atom stereocenters. The first-order valence-corrected chi connectivity index (χ1v) is 6.96. The van der Waals surface area contributed by atoms with E-state index in [0.717, 1.165) is 18.4 Å². The van der Waals surface area contributed by atoms with Crippen LogP contribution in [-0.4, -0.2) is 24.0 Å². The van der Waals surface area contributed by atoms with E-state index in [1.165, 1.54) is 13.2 Å². The van der Waals surface area contributed by atoms with Gasteiger partial charge in [-0.05, 0) is 31.9 Å². The van der Waals surface area contributed by atoms with Crippen molar-refractivity contribution in [1.82, 2.24) is 0 Å². The van der Waals surface area contributed by atoms with Gasteiger partial charge in [0.05, 0.1) is 18.6 Å². The number of aromatic hydroxyl groups is 1. The summed E-state index contributed by atoms with van der Waals surface area (Å²) in [6, 6.07) is 4.96. The van der Waals surface area contributed by atoms with Crippen LogP contribution in [0.4, 0.5) is 0 Å². The van der Waals surface area contributed by atoms with Crippen molar-refractivity contribution in [1.29, 1.82) is 0 Å². The van der Waals surface area contributed by atoms with Crippen LogP contribution in [0.2, 0.25) is 0 Å². The standard InChI is InChI=1S/C16H20O4/c1-10-7-8-14(17)13(9-10)15(18)11-5-3-4-6-12(11)16(19)20-2/h7-9,11-12,17H,3-6H2,1-2H3/t11-,12-/m1/s1. The molecule has 0 unspecified atom stereocenters. The molecule has 0 amide bonds. The maximum atomic E-state index is 12.6. The molecule has 1 aromatic carbocycles. The molecule has 0 heterocycles. The summed E-state index contributed by atoms with van der Waals surface area (Å²) in [4.78, 5) is 24.5. The van der Waals surface area contributed by atoms with Gasteiger partial charge in [-0.2, -0.15) is 0 Å². The van der Waals surface area contributed by atoms with Crippen molar-refractivity contribution in [2.24, 2.45) is 11.8 Å². The largest absolute Gasteiger partial charge is 0.507 e. The fraction of sp³-hybridized carbons (Fsp3) is 0.500. The molecule has 1 aliphatic carbocycles. The maximum Gasteiger partial charge on any atom is 0.309 e. The summed E-state index contributed by atoms with van der Waals surface area (Å²) in [5.41, 5.74) is 1.22. The molecule has 1 aliphatic rings. The fourth-order valence-corrected chi connectivity index (χ4v) is 2.93. The lowest BCUT2D eigenvalue weighted by molar-refractivity contribution is -0.147. The zero-order valence-electron chi connectivity index (χ0n) is 11.9. The molecule has 108 valence electrons. The van der Waals surface area contributed by atoms with Crippen LogP contribution < -0.4 is 0 Å². The molecular formula is C16H20O4. The van der Waals surface area contributed by atoms with Gasteiger partial charge in [-0.25, -0.2) is 0 Å². The highest BCUT2D eigenvalue weighted by Crippen LogP contribution is 2.35. The van der Waals surface area contributed by atoms with Crippen LogP contribution >= 0.6 is 0 Å². The lowest BCUT2D eigenvalue weighted by Crippen LogP contribution is -2.33. The zero-order chi connectivity index (χ0) is 14.7. The third-order valence-electron chi connectivity index (χ3n) is 4.02. The zero-order valence-corrected chi connectivity index (χ0v) is 11.9. The van der Waals surface area contributed by atoms with E-state index in [4.69, 9.17) is 4.74 Å². The average molecular weight is 276 g/mol. The van der Waals surface area contributed by atoms with Gasteiger partial charge in [0.1, 0.15) is 5.75 Å². The average Bonchev–Trinajstić information content (AvgIpc) is 2.48. The molecule has 0 aliphatic heterocycles. The van der Waals surface area contributed by atoms with Crippen molar-refractivity contribution in [2.45, 2.75) is 32.6 Å². The van der Waals surface area contributed by atoms with Crippen LogP contribution in [0.5, 0.6) is 5.75 Å². The molecule has 0 saturated heterocycles. The summed E-state index contributed by atoms with van der Waals surface area (Å²) in [6.45, 7) is 1.87. The molecule has 1 N–H and O–H groups in total. The Labute approximate surface area is 118 Å². The molecule has 4 nitrogen and oxygen atoms in total. The summed E-state index contributed by atoms with van der Waals surface area (Å²) < 4.78 is 4.81. The number of esters is 1. The Kier molecular flexibility index (Phi) is 4.42. The van der Waals surface area contributed by atoms with Gasteiger partial charge in [0.2, 0.25) is 0 Å². The molecule has 2 rings (SSSR count). The van der Waals surface area contributed by atoms with Crippen LogP contribution in [-0.2, 0) is 9.53 Å². The molecule has 4 heteroatoms. The van der Waals surface area contributed by atoms with Crippen LogP contribution in [0, 0.1) is 18.8 Å². The van der Waals surface area contributed by atoms with Gasteiger partial charge < -0.3 is 9.84 Å². The summed E-state index contributed by atoms with van der Waals surface area (Å²) in [6.07, 6.45) is 3.21. The first-order valence-electron chi connectivity index (χ1n) is 6.96. The second kappa shape index (κ2) is 6.07. The number of hydrogen-bond donors (Lipinski definition) is 1. The van der Waals surface area contributed by atoms with Crippen LogP contribution in [0.15, 0.2) is 18.2 Å². The number of carbonyl (C=O) groups is 2. The van der Waals surface area contributed by atoms with Crippen LogP contribution in [0.25, 0.3) is 0 Å². The van der Waals surface area contributed by atoms with E-state index in [9.17, 15) is 14.7 Å². The number of phenolic OH excluding ortho intramolecular Hbond substituents is 1. The Bertz CT molecular complexity index is 521. The van der Waals surface area contributed by atoms with Gasteiger partial charge in [0.15, 0.2) is 5.78 Å². The summed E-state index contributed by atoms with van der Waals surface area (Å²) in [5.74, 6) is -1.27. The highest BCUT2D eigenvalue weighted by molar-refractivity contribution is 6.02. The molecule has 0 radical (unpaired) electrons. The van der Waals surface area contributed by atoms with Gasteiger partial charge >= 0.3 is 5.97 Å². The number of aryl methyl sites for hydroxylation is 1. The monoisotopic (exact) mass is 276 g/mol. The lowest BCUT2D eigenvalue weighted by Gasteiger charge is -2.28. The Balaban J connectivity index is 2.30. The number of ether oxygens (including phenoxy) is 1. The minimum Gasteiger partial charge on any atom is -0.507 e. The Morgan fingerprint density at radius 2 is 1.85 bits per heavy atom. The van der Waals surface area contributed by atoms with E-state index in [-0.39, 0.29) is 29.3 Å². The minimum absolute atomic E-state index is 0.0187. The van der Waals surface area contributed by atoms with Crippen molar-refractivity contribution < 1.29 is 19.4 Å². The second-order valence-electron chi connectivity index (χ2n) is 5.41. The predicted molar refractivity (Wildman–Crippen MR) is 74.6 cm³/mol. The number of benzene rings is 1. The van der Waals surface area contributed by atoms with Crippen molar-refractivity contribution in [3.63, 3.8) is 0 Å². The number of rotatable bonds is 3. The van der Waals surface area contributed by atoms with Crippen LogP contribution in [0.1, 0.15) is 41.6 Å². The van der Waals surface area contributed by atoms with E-state index < -0.39 is 0 Å². The first kappa shape index (κ1) is 14.6. The number of Topliss-reactive ketones (excluding diaryl/α,β-unsaturated/α-hetero) is 1. The van der Waals surface area contributed by atoms with Gasteiger partial charge in [-0.15, -0.1) is 0 Å². The third-order valence-corrected chi connectivity index (χ3v) is 4.02. The van der Waals surface area contributed by atoms with Crippen molar-refractivity contribution in [2.75, 3.05) is 7.11 Å². The molecule has 0 spiro atoms. The highest BCUT2D eigenvalue weighted by Gasteiger charge is 2.37. The molecule has 0 bridgehead atoms. The molecule has 20 heavy (non-hydrogen) atoms. The summed E-state index contributed by atoms with van der Waals surface area (Å²) >= 11 is 0.